The Morgan fingerprint density at radius 1 is 1.38 bits per heavy atom. The first-order valence-corrected chi connectivity index (χ1v) is 8.22. The molecule has 0 radical (unpaired) electrons. The van der Waals surface area contributed by atoms with E-state index in [1.54, 1.807) is 11.3 Å². The second-order valence-electron chi connectivity index (χ2n) is 5.67. The highest BCUT2D eigenvalue weighted by Gasteiger charge is 2.42. The molecule has 1 atom stereocenters. The highest BCUT2D eigenvalue weighted by atomic mass is 32.1. The molecule has 2 aliphatic heterocycles. The van der Waals surface area contributed by atoms with E-state index in [9.17, 15) is 4.79 Å². The van der Waals surface area contributed by atoms with Gasteiger partial charge in [0.05, 0.1) is 31.0 Å². The molecule has 3 rings (SSSR count). The quantitative estimate of drug-likeness (QED) is 0.818. The molecule has 7 heteroatoms. The average Bonchev–Trinajstić information content (AvgIpc) is 3.00. The molecule has 3 heterocycles. The minimum atomic E-state index is -0.758. The predicted octanol–water partition coefficient (Wildman–Crippen LogP) is 0.593. The van der Waals surface area contributed by atoms with Crippen LogP contribution in [0.3, 0.4) is 0 Å². The summed E-state index contributed by atoms with van der Waals surface area (Å²) in [5, 5.41) is 2.05. The summed E-state index contributed by atoms with van der Waals surface area (Å²) in [6.07, 6.45) is 0. The van der Waals surface area contributed by atoms with Gasteiger partial charge in [-0.2, -0.15) is 0 Å². The maximum atomic E-state index is 12.7. The lowest BCUT2D eigenvalue weighted by Gasteiger charge is -2.42. The lowest BCUT2D eigenvalue weighted by atomic mass is 10.0. The third-order valence-electron chi connectivity index (χ3n) is 3.97. The molecule has 0 aromatic carbocycles. The van der Waals surface area contributed by atoms with Crippen LogP contribution in [0.25, 0.3) is 0 Å². The highest BCUT2D eigenvalue weighted by Crippen LogP contribution is 2.22. The molecule has 0 aliphatic carbocycles. The molecule has 6 nitrogen and oxygen atoms in total. The van der Waals surface area contributed by atoms with E-state index in [4.69, 9.17) is 9.47 Å². The van der Waals surface area contributed by atoms with Crippen LogP contribution in [-0.2, 0) is 20.8 Å². The van der Waals surface area contributed by atoms with Gasteiger partial charge in [0.15, 0.2) is 5.60 Å². The van der Waals surface area contributed by atoms with Gasteiger partial charge in [0.1, 0.15) is 0 Å². The molecule has 1 aromatic heterocycles. The van der Waals surface area contributed by atoms with Crippen molar-refractivity contribution in [1.82, 2.24) is 14.8 Å². The van der Waals surface area contributed by atoms with Crippen molar-refractivity contribution in [3.05, 3.63) is 16.6 Å². The number of thiazole rings is 1. The van der Waals surface area contributed by atoms with Gasteiger partial charge in [0.2, 0.25) is 0 Å². The Hall–Kier alpha value is -1.02. The van der Waals surface area contributed by atoms with E-state index in [2.05, 4.69) is 15.3 Å². The zero-order chi connectivity index (χ0) is 14.7. The Balaban J connectivity index is 1.64. The number of hydrogen-bond acceptors (Lipinski definition) is 6. The molecule has 0 spiro atoms. The zero-order valence-corrected chi connectivity index (χ0v) is 13.1. The fourth-order valence-electron chi connectivity index (χ4n) is 2.86. The third kappa shape index (κ3) is 3.42. The number of ether oxygens (including phenoxy) is 2. The SMILES string of the molecule is CC1(C(=O)N2CCOCC2)CN(Cc2cscn2)CCO1. The van der Waals surface area contributed by atoms with Crippen molar-refractivity contribution in [2.24, 2.45) is 0 Å². The largest absolute Gasteiger partial charge is 0.378 e. The van der Waals surface area contributed by atoms with Crippen LogP contribution in [0.15, 0.2) is 10.9 Å². The topological polar surface area (TPSA) is 54.9 Å². The van der Waals surface area contributed by atoms with Crippen molar-refractivity contribution >= 4 is 17.2 Å². The third-order valence-corrected chi connectivity index (χ3v) is 4.61. The van der Waals surface area contributed by atoms with E-state index < -0.39 is 5.60 Å². The van der Waals surface area contributed by atoms with Gasteiger partial charge < -0.3 is 14.4 Å². The summed E-state index contributed by atoms with van der Waals surface area (Å²) < 4.78 is 11.1. The van der Waals surface area contributed by atoms with Gasteiger partial charge in [-0.15, -0.1) is 11.3 Å². The van der Waals surface area contributed by atoms with Crippen LogP contribution in [0.2, 0.25) is 0 Å². The summed E-state index contributed by atoms with van der Waals surface area (Å²) in [7, 11) is 0. The monoisotopic (exact) mass is 311 g/mol. The molecule has 0 N–H and O–H groups in total. The van der Waals surface area contributed by atoms with Gasteiger partial charge in [-0.05, 0) is 6.92 Å². The van der Waals surface area contributed by atoms with Gasteiger partial charge in [-0.25, -0.2) is 4.98 Å². The van der Waals surface area contributed by atoms with Gasteiger partial charge >= 0.3 is 0 Å². The van der Waals surface area contributed by atoms with E-state index in [1.807, 2.05) is 17.3 Å². The lowest BCUT2D eigenvalue weighted by molar-refractivity contribution is -0.171. The summed E-state index contributed by atoms with van der Waals surface area (Å²) >= 11 is 1.60. The normalized spacial score (nSPS) is 27.8. The Labute approximate surface area is 128 Å². The van der Waals surface area contributed by atoms with Crippen LogP contribution < -0.4 is 0 Å². The van der Waals surface area contributed by atoms with Gasteiger partial charge in [0.25, 0.3) is 5.91 Å². The zero-order valence-electron chi connectivity index (χ0n) is 12.3. The molecular weight excluding hydrogens is 290 g/mol. The van der Waals surface area contributed by atoms with E-state index in [0.29, 0.717) is 39.5 Å². The second kappa shape index (κ2) is 6.39. The van der Waals surface area contributed by atoms with E-state index in [-0.39, 0.29) is 5.91 Å². The maximum absolute atomic E-state index is 12.7. The van der Waals surface area contributed by atoms with Crippen molar-refractivity contribution in [3.63, 3.8) is 0 Å². The van der Waals surface area contributed by atoms with Crippen molar-refractivity contribution in [2.75, 3.05) is 46.0 Å². The first kappa shape index (κ1) is 14.9. The number of morpholine rings is 2. The van der Waals surface area contributed by atoms with Crippen molar-refractivity contribution in [3.8, 4) is 0 Å². The molecule has 1 unspecified atom stereocenters. The Bertz CT molecular complexity index is 476. The number of nitrogens with zero attached hydrogens (tertiary/aromatic N) is 3. The summed E-state index contributed by atoms with van der Waals surface area (Å²) in [5.41, 5.74) is 2.14. The average molecular weight is 311 g/mol. The van der Waals surface area contributed by atoms with Crippen LogP contribution in [-0.4, -0.2) is 72.3 Å². The molecule has 21 heavy (non-hydrogen) atoms. The van der Waals surface area contributed by atoms with Crippen LogP contribution in [0.4, 0.5) is 0 Å². The molecular formula is C14H21N3O3S. The fourth-order valence-corrected chi connectivity index (χ4v) is 3.41. The lowest BCUT2D eigenvalue weighted by Crippen LogP contribution is -2.60. The van der Waals surface area contributed by atoms with Gasteiger partial charge in [0, 0.05) is 38.1 Å². The van der Waals surface area contributed by atoms with Gasteiger partial charge in [-0.1, -0.05) is 0 Å². The number of rotatable bonds is 3. The minimum Gasteiger partial charge on any atom is -0.378 e. The van der Waals surface area contributed by atoms with Gasteiger partial charge in [-0.3, -0.25) is 9.69 Å². The van der Waals surface area contributed by atoms with Crippen LogP contribution in [0, 0.1) is 0 Å². The van der Waals surface area contributed by atoms with E-state index in [0.717, 1.165) is 18.8 Å². The number of carbonyl (C=O) groups excluding carboxylic acids is 1. The summed E-state index contributed by atoms with van der Waals surface area (Å²) in [5.74, 6) is 0.0776. The Morgan fingerprint density at radius 2 is 2.19 bits per heavy atom. The second-order valence-corrected chi connectivity index (χ2v) is 6.39. The van der Waals surface area contributed by atoms with Crippen molar-refractivity contribution in [1.29, 1.82) is 0 Å². The molecule has 1 amide bonds. The molecule has 116 valence electrons. The van der Waals surface area contributed by atoms with Crippen LogP contribution in [0.5, 0.6) is 0 Å². The van der Waals surface area contributed by atoms with Crippen LogP contribution >= 0.6 is 11.3 Å². The van der Waals surface area contributed by atoms with E-state index >= 15 is 0 Å². The standard InChI is InChI=1S/C14H21N3O3S/c1-14(13(18)17-3-5-19-6-4-17)10-16(2-7-20-14)8-12-9-21-11-15-12/h9,11H,2-8,10H2,1H3. The number of aromatic nitrogens is 1. The smallest absolute Gasteiger partial charge is 0.256 e. The van der Waals surface area contributed by atoms with Crippen molar-refractivity contribution < 1.29 is 14.3 Å². The molecule has 1 aromatic rings. The molecule has 0 saturated carbocycles. The van der Waals surface area contributed by atoms with Crippen LogP contribution in [0.1, 0.15) is 12.6 Å². The minimum absolute atomic E-state index is 0.0776. The summed E-state index contributed by atoms with van der Waals surface area (Å²) in [4.78, 5) is 21.1. The Kier molecular flexibility index (Phi) is 4.54. The molecule has 2 saturated heterocycles. The number of amides is 1. The number of hydrogen-bond donors (Lipinski definition) is 0. The summed E-state index contributed by atoms with van der Waals surface area (Å²) in [6.45, 7) is 7.25. The number of carbonyl (C=O) groups is 1. The van der Waals surface area contributed by atoms with E-state index in [1.165, 1.54) is 0 Å². The first-order valence-electron chi connectivity index (χ1n) is 7.28. The Morgan fingerprint density at radius 3 is 2.90 bits per heavy atom. The molecule has 2 fully saturated rings. The fraction of sp³-hybridized carbons (Fsp3) is 0.714. The predicted molar refractivity (Wildman–Crippen MR) is 79.1 cm³/mol. The summed E-state index contributed by atoms with van der Waals surface area (Å²) in [6, 6.07) is 0. The maximum Gasteiger partial charge on any atom is 0.256 e. The first-order chi connectivity index (χ1) is 10.2. The molecule has 0 bridgehead atoms. The molecule has 2 aliphatic rings. The highest BCUT2D eigenvalue weighted by molar-refractivity contribution is 7.07. The van der Waals surface area contributed by atoms with Crippen molar-refractivity contribution in [2.45, 2.75) is 19.1 Å².